The number of benzene rings is 1. The molecule has 1 heterocycles. The average Bonchev–Trinajstić information content (AvgIpc) is 2.35. The minimum absolute atomic E-state index is 0.118. The predicted molar refractivity (Wildman–Crippen MR) is 72.3 cm³/mol. The Morgan fingerprint density at radius 2 is 2.28 bits per heavy atom. The first-order valence-electron chi connectivity index (χ1n) is 5.36. The van der Waals surface area contributed by atoms with Gasteiger partial charge in [0.1, 0.15) is 11.6 Å². The van der Waals surface area contributed by atoms with Gasteiger partial charge in [-0.05, 0) is 25.1 Å². The van der Waals surface area contributed by atoms with Crippen LogP contribution in [0.3, 0.4) is 0 Å². The predicted octanol–water partition coefficient (Wildman–Crippen LogP) is 2.37. The van der Waals surface area contributed by atoms with Gasteiger partial charge in [-0.15, -0.1) is 11.6 Å². The molecule has 1 unspecified atom stereocenters. The van der Waals surface area contributed by atoms with Gasteiger partial charge in [-0.1, -0.05) is 15.9 Å². The van der Waals surface area contributed by atoms with Crippen molar-refractivity contribution in [1.82, 2.24) is 0 Å². The second-order valence-corrected chi connectivity index (χ2v) is 5.15. The van der Waals surface area contributed by atoms with Crippen LogP contribution in [0.2, 0.25) is 0 Å². The summed E-state index contributed by atoms with van der Waals surface area (Å²) in [6.45, 7) is 1.65. The first-order chi connectivity index (χ1) is 8.52. The molecule has 0 saturated carbocycles. The molecule has 1 aliphatic heterocycles. The van der Waals surface area contributed by atoms with Crippen molar-refractivity contribution >= 4 is 44.9 Å². The average molecular weight is 333 g/mol. The monoisotopic (exact) mass is 331 g/mol. The van der Waals surface area contributed by atoms with Gasteiger partial charge in [0.2, 0.25) is 5.91 Å². The maximum Gasteiger partial charge on any atom is 0.242 e. The number of alkyl halides is 1. The number of Topliss-reactive ketones (excluding diaryl/α,β-unsaturated/α-hetero) is 1. The number of nitrogens with zero attached hydrogens (tertiary/aromatic N) is 1. The van der Waals surface area contributed by atoms with Gasteiger partial charge in [-0.25, -0.2) is 0 Å². The molecule has 18 heavy (non-hydrogen) atoms. The summed E-state index contributed by atoms with van der Waals surface area (Å²) >= 11 is 8.91. The van der Waals surface area contributed by atoms with Gasteiger partial charge in [0.15, 0.2) is 11.9 Å². The molecular weight excluding hydrogens is 321 g/mol. The Bertz CT molecular complexity index is 506. The van der Waals surface area contributed by atoms with E-state index in [-0.39, 0.29) is 24.1 Å². The number of hydrogen-bond acceptors (Lipinski definition) is 3. The van der Waals surface area contributed by atoms with E-state index in [1.165, 1.54) is 11.8 Å². The first kappa shape index (κ1) is 13.4. The lowest BCUT2D eigenvalue weighted by Gasteiger charge is -2.33. The second-order valence-electron chi connectivity index (χ2n) is 3.97. The van der Waals surface area contributed by atoms with Crippen LogP contribution >= 0.6 is 27.5 Å². The molecule has 1 amide bonds. The third-order valence-corrected chi connectivity index (χ3v) is 3.42. The lowest BCUT2D eigenvalue weighted by molar-refractivity contribution is -0.124. The van der Waals surface area contributed by atoms with Crippen LogP contribution in [0.15, 0.2) is 22.7 Å². The van der Waals surface area contributed by atoms with E-state index in [9.17, 15) is 9.59 Å². The standard InChI is InChI=1S/C12H11BrClNO3/c1-7(16)11-6-15(12(17)5-14)9-3-2-8(13)4-10(9)18-11/h2-4,11H,5-6H2,1H3. The topological polar surface area (TPSA) is 46.6 Å². The number of rotatable bonds is 2. The zero-order chi connectivity index (χ0) is 13.3. The Morgan fingerprint density at radius 1 is 1.56 bits per heavy atom. The Labute approximate surface area is 118 Å². The highest BCUT2D eigenvalue weighted by Gasteiger charge is 2.31. The molecule has 0 aromatic heterocycles. The van der Waals surface area contributed by atoms with Gasteiger partial charge in [0, 0.05) is 4.47 Å². The SMILES string of the molecule is CC(=O)C1CN(C(=O)CCl)c2ccc(Br)cc2O1. The summed E-state index contributed by atoms with van der Waals surface area (Å²) in [6, 6.07) is 5.31. The molecule has 0 spiro atoms. The number of halogens is 2. The van der Waals surface area contributed by atoms with E-state index in [1.54, 1.807) is 12.1 Å². The zero-order valence-corrected chi connectivity index (χ0v) is 12.0. The van der Waals surface area contributed by atoms with Crippen LogP contribution in [0.5, 0.6) is 5.75 Å². The van der Waals surface area contributed by atoms with Crippen molar-refractivity contribution < 1.29 is 14.3 Å². The minimum Gasteiger partial charge on any atom is -0.479 e. The van der Waals surface area contributed by atoms with E-state index in [1.807, 2.05) is 6.07 Å². The number of fused-ring (bicyclic) bond motifs is 1. The number of carbonyl (C=O) groups excluding carboxylic acids is 2. The number of amides is 1. The number of ether oxygens (including phenoxy) is 1. The molecule has 0 bridgehead atoms. The largest absolute Gasteiger partial charge is 0.479 e. The molecular formula is C12H11BrClNO3. The Balaban J connectivity index is 2.43. The molecule has 0 N–H and O–H groups in total. The van der Waals surface area contributed by atoms with Gasteiger partial charge in [0.25, 0.3) is 0 Å². The maximum atomic E-state index is 11.8. The number of hydrogen-bond donors (Lipinski definition) is 0. The third kappa shape index (κ3) is 2.52. The van der Waals surface area contributed by atoms with Crippen molar-refractivity contribution in [3.05, 3.63) is 22.7 Å². The highest BCUT2D eigenvalue weighted by atomic mass is 79.9. The van der Waals surface area contributed by atoms with E-state index in [2.05, 4.69) is 15.9 Å². The summed E-state index contributed by atoms with van der Waals surface area (Å²) in [4.78, 5) is 24.7. The van der Waals surface area contributed by atoms with Crippen LogP contribution in [0.25, 0.3) is 0 Å². The van der Waals surface area contributed by atoms with Crippen molar-refractivity contribution in [2.45, 2.75) is 13.0 Å². The quantitative estimate of drug-likeness (QED) is 0.781. The van der Waals surface area contributed by atoms with Crippen molar-refractivity contribution in [2.24, 2.45) is 0 Å². The Hall–Kier alpha value is -1.07. The highest BCUT2D eigenvalue weighted by Crippen LogP contribution is 2.36. The lowest BCUT2D eigenvalue weighted by Crippen LogP contribution is -2.47. The molecule has 96 valence electrons. The molecule has 1 aromatic carbocycles. The first-order valence-corrected chi connectivity index (χ1v) is 6.68. The molecule has 2 rings (SSSR count). The number of ketones is 1. The van der Waals surface area contributed by atoms with Gasteiger partial charge in [-0.2, -0.15) is 0 Å². The summed E-state index contributed by atoms with van der Waals surface area (Å²) in [5, 5.41) is 0. The molecule has 1 aromatic rings. The Morgan fingerprint density at radius 3 is 2.89 bits per heavy atom. The van der Waals surface area contributed by atoms with Crippen LogP contribution in [-0.4, -0.2) is 30.2 Å². The second kappa shape index (κ2) is 5.28. The van der Waals surface area contributed by atoms with Crippen molar-refractivity contribution in [3.8, 4) is 5.75 Å². The molecule has 4 nitrogen and oxygen atoms in total. The van der Waals surface area contributed by atoms with Crippen LogP contribution in [0, 0.1) is 0 Å². The van der Waals surface area contributed by atoms with Gasteiger partial charge in [0.05, 0.1) is 12.2 Å². The van der Waals surface area contributed by atoms with Crippen LogP contribution in [-0.2, 0) is 9.59 Å². The molecule has 0 radical (unpaired) electrons. The van der Waals surface area contributed by atoms with Crippen LogP contribution in [0.4, 0.5) is 5.69 Å². The molecule has 0 fully saturated rings. The summed E-state index contributed by atoms with van der Waals surface area (Å²) < 4.78 is 6.41. The summed E-state index contributed by atoms with van der Waals surface area (Å²) in [5.41, 5.74) is 0.640. The van der Waals surface area contributed by atoms with Gasteiger partial charge >= 0.3 is 0 Å². The zero-order valence-electron chi connectivity index (χ0n) is 9.65. The maximum absolute atomic E-state index is 11.8. The van der Waals surface area contributed by atoms with Gasteiger partial charge in [-0.3, -0.25) is 9.59 Å². The van der Waals surface area contributed by atoms with Crippen molar-refractivity contribution in [3.63, 3.8) is 0 Å². The normalized spacial score (nSPS) is 17.9. The fourth-order valence-corrected chi connectivity index (χ4v) is 2.26. The van der Waals surface area contributed by atoms with E-state index in [4.69, 9.17) is 16.3 Å². The van der Waals surface area contributed by atoms with Crippen LogP contribution in [0.1, 0.15) is 6.92 Å². The fourth-order valence-electron chi connectivity index (χ4n) is 1.78. The van der Waals surface area contributed by atoms with Gasteiger partial charge < -0.3 is 9.64 Å². The Kier molecular flexibility index (Phi) is 3.92. The number of anilines is 1. The van der Waals surface area contributed by atoms with Crippen molar-refractivity contribution in [1.29, 1.82) is 0 Å². The van der Waals surface area contributed by atoms with Crippen LogP contribution < -0.4 is 9.64 Å². The molecule has 0 saturated heterocycles. The number of carbonyl (C=O) groups is 2. The molecule has 0 aliphatic carbocycles. The minimum atomic E-state index is -0.640. The molecule has 6 heteroatoms. The highest BCUT2D eigenvalue weighted by molar-refractivity contribution is 9.10. The van der Waals surface area contributed by atoms with E-state index in [0.717, 1.165) is 4.47 Å². The molecule has 1 aliphatic rings. The van der Waals surface area contributed by atoms with E-state index < -0.39 is 6.10 Å². The fraction of sp³-hybridized carbons (Fsp3) is 0.333. The summed E-state index contributed by atoms with van der Waals surface area (Å²) in [5.74, 6) is 0.0252. The van der Waals surface area contributed by atoms with E-state index >= 15 is 0 Å². The summed E-state index contributed by atoms with van der Waals surface area (Å²) in [6.07, 6.45) is -0.640. The molecule has 1 atom stereocenters. The lowest BCUT2D eigenvalue weighted by atomic mass is 10.1. The third-order valence-electron chi connectivity index (χ3n) is 2.70. The van der Waals surface area contributed by atoms with Crippen molar-refractivity contribution in [2.75, 3.05) is 17.3 Å². The smallest absolute Gasteiger partial charge is 0.242 e. The van der Waals surface area contributed by atoms with E-state index in [0.29, 0.717) is 11.4 Å². The summed E-state index contributed by atoms with van der Waals surface area (Å²) in [7, 11) is 0.